The zero-order valence-electron chi connectivity index (χ0n) is 8.78. The van der Waals surface area contributed by atoms with Gasteiger partial charge in [0, 0.05) is 6.04 Å². The van der Waals surface area contributed by atoms with Gasteiger partial charge in [-0.2, -0.15) is 0 Å². The highest BCUT2D eigenvalue weighted by Gasteiger charge is 2.13. The molecule has 0 spiro atoms. The van der Waals surface area contributed by atoms with Crippen molar-refractivity contribution >= 4 is 34.8 Å². The molecule has 0 aliphatic carbocycles. The second kappa shape index (κ2) is 5.76. The summed E-state index contributed by atoms with van der Waals surface area (Å²) in [7, 11) is 0. The molecule has 2 N–H and O–H groups in total. The Hall–Kier alpha value is -1.21. The summed E-state index contributed by atoms with van der Waals surface area (Å²) in [6, 6.07) is 0.0420. The lowest BCUT2D eigenvalue weighted by atomic mass is 10.4. The number of hydrogen-bond donors (Lipinski definition) is 2. The first-order valence-corrected chi connectivity index (χ1v) is 5.75. The van der Waals surface area contributed by atoms with E-state index in [0.717, 1.165) is 11.3 Å². The van der Waals surface area contributed by atoms with Crippen LogP contribution in [0.3, 0.4) is 0 Å². The van der Waals surface area contributed by atoms with E-state index in [4.69, 9.17) is 11.6 Å². The maximum Gasteiger partial charge on any atom is 0.282 e. The molecule has 0 radical (unpaired) electrons. The van der Waals surface area contributed by atoms with Gasteiger partial charge in [0.2, 0.25) is 15.4 Å². The number of carbonyl (C=O) groups excluding carboxylic acids is 2. The van der Waals surface area contributed by atoms with Crippen molar-refractivity contribution in [3.05, 3.63) is 9.47 Å². The number of nitrogens with one attached hydrogen (secondary N) is 2. The van der Waals surface area contributed by atoms with Crippen LogP contribution in [0.15, 0.2) is 0 Å². The maximum absolute atomic E-state index is 11.4. The first kappa shape index (κ1) is 12.9. The highest BCUT2D eigenvalue weighted by molar-refractivity contribution is 7.17. The van der Waals surface area contributed by atoms with Gasteiger partial charge in [-0.05, 0) is 25.4 Å². The van der Waals surface area contributed by atoms with Crippen LogP contribution in [-0.2, 0) is 4.79 Å². The molecule has 2 amide bonds. The fourth-order valence-electron chi connectivity index (χ4n) is 0.906. The molecule has 0 saturated carbocycles. The Bertz CT molecular complexity index is 393. The Balaban J connectivity index is 2.38. The monoisotopic (exact) mass is 262 g/mol. The van der Waals surface area contributed by atoms with E-state index >= 15 is 0 Å². The normalized spacial score (nSPS) is 10.2. The van der Waals surface area contributed by atoms with Gasteiger partial charge in [-0.3, -0.25) is 9.59 Å². The predicted octanol–water partition coefficient (Wildman–Crippen LogP) is 0.446. The zero-order valence-corrected chi connectivity index (χ0v) is 10.4. The molecular formula is C8H11ClN4O2S. The van der Waals surface area contributed by atoms with Crippen LogP contribution in [0.25, 0.3) is 0 Å². The van der Waals surface area contributed by atoms with Gasteiger partial charge in [-0.15, -0.1) is 10.2 Å². The van der Waals surface area contributed by atoms with E-state index in [2.05, 4.69) is 20.8 Å². The number of rotatable bonds is 4. The number of nitrogens with zero attached hydrogens (tertiary/aromatic N) is 2. The van der Waals surface area contributed by atoms with Crippen LogP contribution in [0.5, 0.6) is 0 Å². The van der Waals surface area contributed by atoms with Crippen LogP contribution < -0.4 is 10.6 Å². The summed E-state index contributed by atoms with van der Waals surface area (Å²) in [5, 5.41) is 12.2. The van der Waals surface area contributed by atoms with Crippen LogP contribution in [0.1, 0.15) is 23.6 Å². The van der Waals surface area contributed by atoms with Crippen molar-refractivity contribution < 1.29 is 9.59 Å². The molecule has 0 aliphatic heterocycles. The number of aromatic nitrogens is 2. The highest BCUT2D eigenvalue weighted by Crippen LogP contribution is 2.14. The lowest BCUT2D eigenvalue weighted by molar-refractivity contribution is -0.120. The Labute approximate surface area is 101 Å². The minimum Gasteiger partial charge on any atom is -0.352 e. The minimum atomic E-state index is -0.455. The topological polar surface area (TPSA) is 84.0 Å². The van der Waals surface area contributed by atoms with E-state index < -0.39 is 5.91 Å². The molecule has 88 valence electrons. The van der Waals surface area contributed by atoms with Gasteiger partial charge >= 0.3 is 0 Å². The summed E-state index contributed by atoms with van der Waals surface area (Å²) in [5.41, 5.74) is 0. The van der Waals surface area contributed by atoms with E-state index in [-0.39, 0.29) is 28.0 Å². The van der Waals surface area contributed by atoms with Crippen LogP contribution in [0, 0.1) is 0 Å². The third-order valence-electron chi connectivity index (χ3n) is 1.45. The number of hydrogen-bond acceptors (Lipinski definition) is 5. The minimum absolute atomic E-state index is 0.0420. The second-order valence-corrected chi connectivity index (χ2v) is 4.82. The van der Waals surface area contributed by atoms with Gasteiger partial charge in [-0.25, -0.2) is 0 Å². The van der Waals surface area contributed by atoms with Gasteiger partial charge < -0.3 is 10.6 Å². The smallest absolute Gasteiger partial charge is 0.282 e. The van der Waals surface area contributed by atoms with Crippen molar-refractivity contribution in [1.29, 1.82) is 0 Å². The first-order chi connectivity index (χ1) is 7.49. The molecule has 0 aromatic carbocycles. The summed E-state index contributed by atoms with van der Waals surface area (Å²) in [6.45, 7) is 3.59. The molecule has 0 saturated heterocycles. The van der Waals surface area contributed by atoms with Gasteiger partial charge in [0.15, 0.2) is 0 Å². The van der Waals surface area contributed by atoms with Crippen LogP contribution in [0.4, 0.5) is 0 Å². The van der Waals surface area contributed by atoms with E-state index in [1.54, 1.807) is 0 Å². The molecule has 16 heavy (non-hydrogen) atoms. The van der Waals surface area contributed by atoms with Gasteiger partial charge in [0.25, 0.3) is 5.91 Å². The Morgan fingerprint density at radius 2 is 2.12 bits per heavy atom. The third kappa shape index (κ3) is 4.11. The van der Waals surface area contributed by atoms with Crippen molar-refractivity contribution in [2.24, 2.45) is 0 Å². The Kier molecular flexibility index (Phi) is 4.63. The van der Waals surface area contributed by atoms with E-state index in [1.165, 1.54) is 0 Å². The van der Waals surface area contributed by atoms with Crippen LogP contribution >= 0.6 is 22.9 Å². The quantitative estimate of drug-likeness (QED) is 0.825. The number of carbonyl (C=O) groups is 2. The summed E-state index contributed by atoms with van der Waals surface area (Å²) in [4.78, 5) is 22.6. The average Bonchev–Trinajstić information content (AvgIpc) is 2.60. The lowest BCUT2D eigenvalue weighted by Gasteiger charge is -2.08. The molecular weight excluding hydrogens is 252 g/mol. The maximum atomic E-state index is 11.4. The average molecular weight is 263 g/mol. The first-order valence-electron chi connectivity index (χ1n) is 4.55. The largest absolute Gasteiger partial charge is 0.352 e. The molecule has 0 unspecified atom stereocenters. The molecule has 1 aromatic rings. The molecule has 0 aliphatic rings. The van der Waals surface area contributed by atoms with Gasteiger partial charge in [0.1, 0.15) is 0 Å². The summed E-state index contributed by atoms with van der Waals surface area (Å²) in [6.07, 6.45) is 0. The van der Waals surface area contributed by atoms with Gasteiger partial charge in [-0.1, -0.05) is 11.3 Å². The molecule has 1 rings (SSSR count). The van der Waals surface area contributed by atoms with Crippen LogP contribution in [-0.4, -0.2) is 34.6 Å². The molecule has 1 aromatic heterocycles. The van der Waals surface area contributed by atoms with Crippen LogP contribution in [0.2, 0.25) is 4.47 Å². The molecule has 1 heterocycles. The van der Waals surface area contributed by atoms with Crippen molar-refractivity contribution in [2.45, 2.75) is 19.9 Å². The van der Waals surface area contributed by atoms with Crippen molar-refractivity contribution in [1.82, 2.24) is 20.8 Å². The predicted molar refractivity (Wildman–Crippen MR) is 60.5 cm³/mol. The van der Waals surface area contributed by atoms with Crippen molar-refractivity contribution in [3.8, 4) is 0 Å². The summed E-state index contributed by atoms with van der Waals surface area (Å²) >= 11 is 6.48. The van der Waals surface area contributed by atoms with E-state index in [1.807, 2.05) is 13.8 Å². The lowest BCUT2D eigenvalue weighted by Crippen LogP contribution is -2.39. The SMILES string of the molecule is CC(C)NC(=O)CNC(=O)c1nnc(Cl)s1. The molecule has 8 heteroatoms. The highest BCUT2D eigenvalue weighted by atomic mass is 35.5. The van der Waals surface area contributed by atoms with E-state index in [0.29, 0.717) is 0 Å². The fraction of sp³-hybridized carbons (Fsp3) is 0.500. The molecule has 0 atom stereocenters. The van der Waals surface area contributed by atoms with Crippen molar-refractivity contribution in [2.75, 3.05) is 6.54 Å². The Morgan fingerprint density at radius 3 is 2.62 bits per heavy atom. The second-order valence-electron chi connectivity index (χ2n) is 3.27. The fourth-order valence-corrected chi connectivity index (χ4v) is 1.65. The van der Waals surface area contributed by atoms with Gasteiger partial charge in [0.05, 0.1) is 6.54 Å². The van der Waals surface area contributed by atoms with E-state index in [9.17, 15) is 9.59 Å². The van der Waals surface area contributed by atoms with Crippen molar-refractivity contribution in [3.63, 3.8) is 0 Å². The number of halogens is 1. The third-order valence-corrected chi connectivity index (χ3v) is 2.47. The Morgan fingerprint density at radius 1 is 1.44 bits per heavy atom. The standard InChI is InChI=1S/C8H11ClN4O2S/c1-4(2)11-5(14)3-10-6(15)7-12-13-8(9)16-7/h4H,3H2,1-2H3,(H,10,15)(H,11,14). The number of amides is 2. The summed E-state index contributed by atoms with van der Waals surface area (Å²) < 4.78 is 0.191. The molecule has 0 fully saturated rings. The summed E-state index contributed by atoms with van der Waals surface area (Å²) in [5.74, 6) is -0.706. The molecule has 6 nitrogen and oxygen atoms in total. The zero-order chi connectivity index (χ0) is 12.1. The molecule has 0 bridgehead atoms.